The van der Waals surface area contributed by atoms with Crippen LogP contribution in [0.2, 0.25) is 5.02 Å². The number of nitrogens with zero attached hydrogens (tertiary/aromatic N) is 4. The van der Waals surface area contributed by atoms with E-state index < -0.39 is 0 Å². The minimum absolute atomic E-state index is 0.104. The molecule has 0 spiro atoms. The maximum absolute atomic E-state index is 12.9. The molecule has 0 aliphatic carbocycles. The van der Waals surface area contributed by atoms with Gasteiger partial charge in [0.05, 0.1) is 6.54 Å². The molecule has 150 valence electrons. The second-order valence-corrected chi connectivity index (χ2v) is 7.69. The summed E-state index contributed by atoms with van der Waals surface area (Å²) in [6.07, 6.45) is 0.912. The number of aromatic nitrogens is 2. The van der Waals surface area contributed by atoms with Crippen molar-refractivity contribution in [1.29, 1.82) is 0 Å². The maximum Gasteiger partial charge on any atom is 0.254 e. The molecular formula is C22H23ClN4O2. The second-order valence-electron chi connectivity index (χ2n) is 7.26. The summed E-state index contributed by atoms with van der Waals surface area (Å²) in [7, 11) is 0. The Morgan fingerprint density at radius 3 is 2.66 bits per heavy atom. The van der Waals surface area contributed by atoms with Gasteiger partial charge < -0.3 is 9.42 Å². The lowest BCUT2D eigenvalue weighted by atomic mass is 10.1. The lowest BCUT2D eigenvalue weighted by Gasteiger charge is -2.22. The van der Waals surface area contributed by atoms with Crippen LogP contribution in [0.4, 0.5) is 0 Å². The molecule has 0 bridgehead atoms. The Labute approximate surface area is 175 Å². The molecule has 3 aromatic rings. The van der Waals surface area contributed by atoms with Crippen molar-refractivity contribution in [1.82, 2.24) is 19.9 Å². The second kappa shape index (κ2) is 8.76. The van der Waals surface area contributed by atoms with Crippen LogP contribution in [0.3, 0.4) is 0 Å². The Balaban J connectivity index is 1.37. The molecule has 0 atom stereocenters. The molecule has 1 aliphatic rings. The standard InChI is InChI=1S/C22H23ClN4O2/c1-16-5-2-3-6-19(16)22(28)27-12-4-11-26(13-14-27)15-20-24-21(25-29-20)17-7-9-18(23)10-8-17/h2-3,5-10H,4,11-15H2,1H3. The van der Waals surface area contributed by atoms with Crippen molar-refractivity contribution in [2.45, 2.75) is 19.9 Å². The number of amides is 1. The topological polar surface area (TPSA) is 62.5 Å². The molecular weight excluding hydrogens is 388 g/mol. The normalized spacial score (nSPS) is 15.3. The average molecular weight is 411 g/mol. The van der Waals surface area contributed by atoms with E-state index >= 15 is 0 Å². The molecule has 1 saturated heterocycles. The van der Waals surface area contributed by atoms with Crippen LogP contribution in [0, 0.1) is 6.92 Å². The van der Waals surface area contributed by atoms with Gasteiger partial charge in [-0.15, -0.1) is 0 Å². The molecule has 6 nitrogen and oxygen atoms in total. The Kier molecular flexibility index (Phi) is 5.92. The fourth-order valence-corrected chi connectivity index (χ4v) is 3.67. The quantitative estimate of drug-likeness (QED) is 0.649. The molecule has 1 fully saturated rings. The Morgan fingerprint density at radius 2 is 1.86 bits per heavy atom. The van der Waals surface area contributed by atoms with Crippen LogP contribution < -0.4 is 0 Å². The molecule has 7 heteroatoms. The number of carbonyl (C=O) groups is 1. The summed E-state index contributed by atoms with van der Waals surface area (Å²) in [4.78, 5) is 21.6. The summed E-state index contributed by atoms with van der Waals surface area (Å²) in [5, 5.41) is 4.75. The first-order valence-electron chi connectivity index (χ1n) is 9.76. The van der Waals surface area contributed by atoms with Crippen molar-refractivity contribution in [2.24, 2.45) is 0 Å². The highest BCUT2D eigenvalue weighted by atomic mass is 35.5. The predicted octanol–water partition coefficient (Wildman–Crippen LogP) is 4.05. The lowest BCUT2D eigenvalue weighted by molar-refractivity contribution is 0.0760. The summed E-state index contributed by atoms with van der Waals surface area (Å²) in [5.41, 5.74) is 2.67. The van der Waals surface area contributed by atoms with Gasteiger partial charge in [0.2, 0.25) is 11.7 Å². The van der Waals surface area contributed by atoms with Crippen molar-refractivity contribution in [3.8, 4) is 11.4 Å². The predicted molar refractivity (Wildman–Crippen MR) is 112 cm³/mol. The number of rotatable bonds is 4. The number of hydrogen-bond acceptors (Lipinski definition) is 5. The highest BCUT2D eigenvalue weighted by Gasteiger charge is 2.22. The van der Waals surface area contributed by atoms with Crippen LogP contribution in [-0.4, -0.2) is 52.0 Å². The molecule has 2 aromatic carbocycles. The number of carbonyl (C=O) groups excluding carboxylic acids is 1. The SMILES string of the molecule is Cc1ccccc1C(=O)N1CCCN(Cc2nc(-c3ccc(Cl)cc3)no2)CC1. The van der Waals surface area contributed by atoms with E-state index in [4.69, 9.17) is 16.1 Å². The van der Waals surface area contributed by atoms with Crippen molar-refractivity contribution in [3.05, 3.63) is 70.6 Å². The summed E-state index contributed by atoms with van der Waals surface area (Å²) in [5.74, 6) is 1.24. The minimum atomic E-state index is 0.104. The van der Waals surface area contributed by atoms with E-state index in [2.05, 4.69) is 15.0 Å². The number of halogens is 1. The van der Waals surface area contributed by atoms with Crippen molar-refractivity contribution in [3.63, 3.8) is 0 Å². The minimum Gasteiger partial charge on any atom is -0.338 e. The fourth-order valence-electron chi connectivity index (χ4n) is 3.54. The van der Waals surface area contributed by atoms with Gasteiger partial charge in [-0.3, -0.25) is 9.69 Å². The molecule has 0 N–H and O–H groups in total. The largest absolute Gasteiger partial charge is 0.338 e. The van der Waals surface area contributed by atoms with Gasteiger partial charge in [-0.2, -0.15) is 4.98 Å². The van der Waals surface area contributed by atoms with Crippen LogP contribution in [0.25, 0.3) is 11.4 Å². The van der Waals surface area contributed by atoms with Gasteiger partial charge in [0, 0.05) is 42.3 Å². The van der Waals surface area contributed by atoms with E-state index in [0.717, 1.165) is 42.7 Å². The summed E-state index contributed by atoms with van der Waals surface area (Å²) in [6.45, 7) is 5.65. The Bertz CT molecular complexity index is 986. The van der Waals surface area contributed by atoms with Gasteiger partial charge in [-0.1, -0.05) is 35.0 Å². The Hall–Kier alpha value is -2.70. The zero-order valence-electron chi connectivity index (χ0n) is 16.3. The van der Waals surface area contributed by atoms with E-state index in [1.807, 2.05) is 60.4 Å². The van der Waals surface area contributed by atoms with Gasteiger partial charge >= 0.3 is 0 Å². The van der Waals surface area contributed by atoms with Crippen LogP contribution in [0.1, 0.15) is 28.2 Å². The zero-order valence-corrected chi connectivity index (χ0v) is 17.1. The fraction of sp³-hybridized carbons (Fsp3) is 0.318. The third-order valence-corrected chi connectivity index (χ3v) is 5.43. The third-order valence-electron chi connectivity index (χ3n) is 5.18. The van der Waals surface area contributed by atoms with Gasteiger partial charge in [0.15, 0.2) is 0 Å². The van der Waals surface area contributed by atoms with Crippen molar-refractivity contribution >= 4 is 17.5 Å². The number of hydrogen-bond donors (Lipinski definition) is 0. The molecule has 4 rings (SSSR count). The number of benzene rings is 2. The monoisotopic (exact) mass is 410 g/mol. The van der Waals surface area contributed by atoms with Crippen LogP contribution in [0.5, 0.6) is 0 Å². The third kappa shape index (κ3) is 4.66. The first-order chi connectivity index (χ1) is 14.1. The molecule has 2 heterocycles. The average Bonchev–Trinajstić information content (AvgIpc) is 3.06. The first-order valence-corrected chi connectivity index (χ1v) is 10.1. The molecule has 1 aromatic heterocycles. The Morgan fingerprint density at radius 1 is 1.07 bits per heavy atom. The van der Waals surface area contributed by atoms with E-state index in [1.54, 1.807) is 0 Å². The molecule has 0 saturated carbocycles. The van der Waals surface area contributed by atoms with E-state index in [1.165, 1.54) is 0 Å². The first kappa shape index (κ1) is 19.6. The van der Waals surface area contributed by atoms with E-state index in [0.29, 0.717) is 29.8 Å². The summed E-state index contributed by atoms with van der Waals surface area (Å²) < 4.78 is 5.44. The molecule has 29 heavy (non-hydrogen) atoms. The molecule has 0 radical (unpaired) electrons. The van der Waals surface area contributed by atoms with Gasteiger partial charge in [0.1, 0.15) is 0 Å². The molecule has 0 unspecified atom stereocenters. The zero-order chi connectivity index (χ0) is 20.2. The van der Waals surface area contributed by atoms with E-state index in [-0.39, 0.29) is 5.91 Å². The van der Waals surface area contributed by atoms with Gasteiger partial charge in [0.25, 0.3) is 5.91 Å². The van der Waals surface area contributed by atoms with E-state index in [9.17, 15) is 4.79 Å². The smallest absolute Gasteiger partial charge is 0.254 e. The summed E-state index contributed by atoms with van der Waals surface area (Å²) >= 11 is 5.93. The number of aryl methyl sites for hydroxylation is 1. The summed E-state index contributed by atoms with van der Waals surface area (Å²) in [6, 6.07) is 15.1. The van der Waals surface area contributed by atoms with Crippen molar-refractivity contribution in [2.75, 3.05) is 26.2 Å². The highest BCUT2D eigenvalue weighted by molar-refractivity contribution is 6.30. The van der Waals surface area contributed by atoms with Gasteiger partial charge in [-0.25, -0.2) is 0 Å². The van der Waals surface area contributed by atoms with Gasteiger partial charge in [-0.05, 0) is 49.2 Å². The van der Waals surface area contributed by atoms with Crippen LogP contribution in [-0.2, 0) is 6.54 Å². The molecule has 1 aliphatic heterocycles. The van der Waals surface area contributed by atoms with Crippen LogP contribution >= 0.6 is 11.6 Å². The van der Waals surface area contributed by atoms with Crippen molar-refractivity contribution < 1.29 is 9.32 Å². The lowest BCUT2D eigenvalue weighted by Crippen LogP contribution is -2.35. The highest BCUT2D eigenvalue weighted by Crippen LogP contribution is 2.19. The van der Waals surface area contributed by atoms with Crippen LogP contribution in [0.15, 0.2) is 53.1 Å². The molecule has 1 amide bonds. The maximum atomic E-state index is 12.9.